The van der Waals surface area contributed by atoms with Gasteiger partial charge in [-0.15, -0.1) is 5.10 Å². The highest BCUT2D eigenvalue weighted by Crippen LogP contribution is 2.11. The Hall–Kier alpha value is -0.900. The summed E-state index contributed by atoms with van der Waals surface area (Å²) in [6.07, 6.45) is 1.86. The van der Waals surface area contributed by atoms with Crippen LogP contribution < -0.4 is 0 Å². The van der Waals surface area contributed by atoms with E-state index in [2.05, 4.69) is 29.1 Å². The maximum Gasteiger partial charge on any atom is 0.0738 e. The molecule has 0 spiro atoms. The molecule has 0 saturated heterocycles. The molecule has 0 bridgehead atoms. The third-order valence-corrected chi connectivity index (χ3v) is 2.39. The van der Waals surface area contributed by atoms with Gasteiger partial charge in [0, 0.05) is 19.1 Å². The van der Waals surface area contributed by atoms with Crippen molar-refractivity contribution in [2.75, 3.05) is 6.54 Å². The first-order chi connectivity index (χ1) is 6.77. The number of nitrogens with zero attached hydrogens (tertiary/aromatic N) is 4. The molecule has 80 valence electrons. The molecule has 1 aliphatic rings. The molecule has 1 aromatic heterocycles. The molecule has 0 aliphatic carbocycles. The average molecular weight is 196 g/mol. The van der Waals surface area contributed by atoms with Crippen LogP contribution in [0.2, 0.25) is 0 Å². The van der Waals surface area contributed by atoms with Crippen molar-refractivity contribution in [2.45, 2.75) is 46.8 Å². The van der Waals surface area contributed by atoms with Gasteiger partial charge in [0.05, 0.1) is 18.4 Å². The predicted molar refractivity (Wildman–Crippen MR) is 56.9 cm³/mol. The zero-order valence-electron chi connectivity index (χ0n) is 9.56. The van der Waals surface area contributed by atoms with Crippen molar-refractivity contribution in [3.63, 3.8) is 0 Å². The maximum absolute atomic E-state index is 3.99. The van der Waals surface area contributed by atoms with Gasteiger partial charge in [-0.2, -0.15) is 0 Å². The lowest BCUT2D eigenvalue weighted by atomic mass is 10.2. The van der Waals surface area contributed by atoms with Gasteiger partial charge >= 0.3 is 0 Å². The van der Waals surface area contributed by atoms with Crippen LogP contribution in [-0.2, 0) is 13.1 Å². The number of hydrogen-bond donors (Lipinski definition) is 0. The molecule has 1 aromatic rings. The predicted octanol–water partition coefficient (Wildman–Crippen LogP) is 1.53. The van der Waals surface area contributed by atoms with Gasteiger partial charge in [-0.05, 0) is 13.8 Å². The lowest BCUT2D eigenvalue weighted by Gasteiger charge is -2.30. The van der Waals surface area contributed by atoms with Crippen molar-refractivity contribution >= 4 is 0 Å². The van der Waals surface area contributed by atoms with Gasteiger partial charge in [-0.3, -0.25) is 4.90 Å². The Morgan fingerprint density at radius 3 is 2.64 bits per heavy atom. The largest absolute Gasteiger partial charge is 0.293 e. The molecule has 4 nitrogen and oxygen atoms in total. The summed E-state index contributed by atoms with van der Waals surface area (Å²) in [6, 6.07) is 0.619. The SMILES string of the molecule is CC.CC(C)N1CCn2nncc2C1. The molecule has 0 aromatic carbocycles. The van der Waals surface area contributed by atoms with Crippen molar-refractivity contribution in [2.24, 2.45) is 0 Å². The standard InChI is InChI=1S/C8H14N4.C2H6/c1-7(2)11-3-4-12-8(6-11)5-9-10-12;1-2/h5,7H,3-4,6H2,1-2H3;1-2H3. The second-order valence-electron chi connectivity index (χ2n) is 3.51. The monoisotopic (exact) mass is 196 g/mol. The summed E-state index contributed by atoms with van der Waals surface area (Å²) in [5, 5.41) is 7.87. The first kappa shape index (κ1) is 11.2. The van der Waals surface area contributed by atoms with Crippen LogP contribution >= 0.6 is 0 Å². The number of aromatic nitrogens is 3. The molecule has 0 saturated carbocycles. The minimum atomic E-state index is 0.619. The van der Waals surface area contributed by atoms with Crippen molar-refractivity contribution in [1.82, 2.24) is 19.9 Å². The van der Waals surface area contributed by atoms with E-state index in [4.69, 9.17) is 0 Å². The first-order valence-corrected chi connectivity index (χ1v) is 5.39. The van der Waals surface area contributed by atoms with Gasteiger partial charge in [0.1, 0.15) is 0 Å². The Labute approximate surface area is 85.9 Å². The lowest BCUT2D eigenvalue weighted by molar-refractivity contribution is 0.170. The van der Waals surface area contributed by atoms with Crippen molar-refractivity contribution in [1.29, 1.82) is 0 Å². The molecule has 1 aliphatic heterocycles. The van der Waals surface area contributed by atoms with Crippen molar-refractivity contribution < 1.29 is 0 Å². The molecule has 4 heteroatoms. The summed E-state index contributed by atoms with van der Waals surface area (Å²) in [5.41, 5.74) is 1.23. The summed E-state index contributed by atoms with van der Waals surface area (Å²) < 4.78 is 1.98. The van der Waals surface area contributed by atoms with E-state index in [0.717, 1.165) is 19.6 Å². The fourth-order valence-corrected chi connectivity index (χ4v) is 1.54. The smallest absolute Gasteiger partial charge is 0.0738 e. The molecule has 0 atom stereocenters. The van der Waals surface area contributed by atoms with Gasteiger partial charge in [-0.1, -0.05) is 19.1 Å². The molecular weight excluding hydrogens is 176 g/mol. The third-order valence-electron chi connectivity index (χ3n) is 2.39. The molecule has 2 rings (SSSR count). The quantitative estimate of drug-likeness (QED) is 0.683. The van der Waals surface area contributed by atoms with E-state index in [9.17, 15) is 0 Å². The molecule has 0 radical (unpaired) electrons. The second kappa shape index (κ2) is 5.10. The topological polar surface area (TPSA) is 34.0 Å². The Balaban J connectivity index is 0.000000461. The Bertz CT molecular complexity index is 267. The Morgan fingerprint density at radius 2 is 2.00 bits per heavy atom. The van der Waals surface area contributed by atoms with Crippen LogP contribution in [0.3, 0.4) is 0 Å². The van der Waals surface area contributed by atoms with Gasteiger partial charge in [0.2, 0.25) is 0 Å². The fourth-order valence-electron chi connectivity index (χ4n) is 1.54. The number of fused-ring (bicyclic) bond motifs is 1. The van der Waals surface area contributed by atoms with E-state index in [1.165, 1.54) is 5.69 Å². The molecular formula is C10H20N4. The van der Waals surface area contributed by atoms with Gasteiger partial charge in [-0.25, -0.2) is 4.68 Å². The van der Waals surface area contributed by atoms with Gasteiger partial charge in [0.25, 0.3) is 0 Å². The molecule has 0 N–H and O–H groups in total. The van der Waals surface area contributed by atoms with Gasteiger partial charge < -0.3 is 0 Å². The number of rotatable bonds is 1. The lowest BCUT2D eigenvalue weighted by Crippen LogP contribution is -2.38. The van der Waals surface area contributed by atoms with Crippen LogP contribution in [0.1, 0.15) is 33.4 Å². The summed E-state index contributed by atoms with van der Waals surface area (Å²) in [5.74, 6) is 0. The van der Waals surface area contributed by atoms with E-state index in [0.29, 0.717) is 6.04 Å². The van der Waals surface area contributed by atoms with Crippen LogP contribution in [-0.4, -0.2) is 32.5 Å². The second-order valence-corrected chi connectivity index (χ2v) is 3.51. The Kier molecular flexibility index (Phi) is 4.07. The molecule has 0 unspecified atom stereocenters. The van der Waals surface area contributed by atoms with Crippen LogP contribution in [0.4, 0.5) is 0 Å². The third kappa shape index (κ3) is 2.32. The minimum absolute atomic E-state index is 0.619. The Morgan fingerprint density at radius 1 is 1.29 bits per heavy atom. The summed E-state index contributed by atoms with van der Waals surface area (Å²) >= 11 is 0. The van der Waals surface area contributed by atoms with Crippen LogP contribution in [0, 0.1) is 0 Å². The molecule has 2 heterocycles. The first-order valence-electron chi connectivity index (χ1n) is 5.39. The highest BCUT2D eigenvalue weighted by Gasteiger charge is 2.18. The number of hydrogen-bond acceptors (Lipinski definition) is 3. The van der Waals surface area contributed by atoms with Crippen LogP contribution in [0.15, 0.2) is 6.20 Å². The van der Waals surface area contributed by atoms with E-state index in [1.807, 2.05) is 24.7 Å². The van der Waals surface area contributed by atoms with Gasteiger partial charge in [0.15, 0.2) is 0 Å². The van der Waals surface area contributed by atoms with E-state index in [1.54, 1.807) is 0 Å². The van der Waals surface area contributed by atoms with E-state index < -0.39 is 0 Å². The summed E-state index contributed by atoms with van der Waals surface area (Å²) in [7, 11) is 0. The highest BCUT2D eigenvalue weighted by molar-refractivity contribution is 4.97. The average Bonchev–Trinajstić information content (AvgIpc) is 2.67. The van der Waals surface area contributed by atoms with Crippen LogP contribution in [0.25, 0.3) is 0 Å². The summed E-state index contributed by atoms with van der Waals surface area (Å²) in [6.45, 7) is 11.5. The zero-order chi connectivity index (χ0) is 10.6. The highest BCUT2D eigenvalue weighted by atomic mass is 15.4. The van der Waals surface area contributed by atoms with E-state index >= 15 is 0 Å². The van der Waals surface area contributed by atoms with E-state index in [-0.39, 0.29) is 0 Å². The maximum atomic E-state index is 3.99. The summed E-state index contributed by atoms with van der Waals surface area (Å²) in [4.78, 5) is 2.43. The normalized spacial score (nSPS) is 16.1. The minimum Gasteiger partial charge on any atom is -0.293 e. The van der Waals surface area contributed by atoms with Crippen molar-refractivity contribution in [3.8, 4) is 0 Å². The van der Waals surface area contributed by atoms with Crippen LogP contribution in [0.5, 0.6) is 0 Å². The molecule has 0 fully saturated rings. The molecule has 14 heavy (non-hydrogen) atoms. The fraction of sp³-hybridized carbons (Fsp3) is 0.800. The van der Waals surface area contributed by atoms with Crippen molar-refractivity contribution in [3.05, 3.63) is 11.9 Å². The zero-order valence-corrected chi connectivity index (χ0v) is 9.56. The molecule has 0 amide bonds.